The number of carboxylic acids is 1. The van der Waals surface area contributed by atoms with Crippen molar-refractivity contribution in [3.05, 3.63) is 53.0 Å². The van der Waals surface area contributed by atoms with Gasteiger partial charge in [-0.25, -0.2) is 0 Å². The molecule has 0 saturated heterocycles. The second-order valence-electron chi connectivity index (χ2n) is 4.73. The Bertz CT molecular complexity index is 576. The van der Waals surface area contributed by atoms with Crippen molar-refractivity contribution >= 4 is 21.9 Å². The van der Waals surface area contributed by atoms with Crippen LogP contribution in [0.4, 0.5) is 0 Å². The summed E-state index contributed by atoms with van der Waals surface area (Å²) in [5.74, 6) is 0.0556. The van der Waals surface area contributed by atoms with Gasteiger partial charge in [-0.1, -0.05) is 40.2 Å². The van der Waals surface area contributed by atoms with E-state index in [1.54, 1.807) is 0 Å². The smallest absolute Gasteiger partial charge is 0.303 e. The second kappa shape index (κ2) is 7.84. The maximum Gasteiger partial charge on any atom is 0.303 e. The third-order valence-electron chi connectivity index (χ3n) is 3.09. The van der Waals surface area contributed by atoms with E-state index in [1.165, 1.54) is 0 Å². The summed E-state index contributed by atoms with van der Waals surface area (Å²) >= 11 is 3.42. The lowest BCUT2D eigenvalue weighted by atomic mass is 10.1. The average Bonchev–Trinajstić information content (AvgIpc) is 2.48. The average molecular weight is 349 g/mol. The fraction of sp³-hybridized carbons (Fsp3) is 0.235. The SMILES string of the molecule is O=C(O)CCCCOc1ccc(-c2ccc(Br)cc2)cc1. The molecule has 0 aliphatic carbocycles. The van der Waals surface area contributed by atoms with Crippen LogP contribution in [-0.4, -0.2) is 17.7 Å². The molecule has 21 heavy (non-hydrogen) atoms. The van der Waals surface area contributed by atoms with Gasteiger partial charge in [-0.3, -0.25) is 4.79 Å². The molecule has 1 N–H and O–H groups in total. The molecule has 0 atom stereocenters. The van der Waals surface area contributed by atoms with Crippen LogP contribution in [0.1, 0.15) is 19.3 Å². The summed E-state index contributed by atoms with van der Waals surface area (Å²) in [5, 5.41) is 8.54. The molecule has 2 aromatic carbocycles. The largest absolute Gasteiger partial charge is 0.494 e. The number of carboxylic acid groups (broad SMARTS) is 1. The third kappa shape index (κ3) is 5.23. The molecule has 0 unspecified atom stereocenters. The van der Waals surface area contributed by atoms with Crippen molar-refractivity contribution in [2.45, 2.75) is 19.3 Å². The number of carbonyl (C=O) groups is 1. The van der Waals surface area contributed by atoms with Gasteiger partial charge in [0.25, 0.3) is 0 Å². The van der Waals surface area contributed by atoms with E-state index in [0.29, 0.717) is 13.0 Å². The first-order valence-corrected chi connectivity index (χ1v) is 7.65. The van der Waals surface area contributed by atoms with Crippen molar-refractivity contribution in [1.29, 1.82) is 0 Å². The van der Waals surface area contributed by atoms with Crippen molar-refractivity contribution in [3.63, 3.8) is 0 Å². The first-order valence-electron chi connectivity index (χ1n) is 6.86. The zero-order valence-electron chi connectivity index (χ0n) is 11.6. The van der Waals surface area contributed by atoms with Gasteiger partial charge in [0.15, 0.2) is 0 Å². The van der Waals surface area contributed by atoms with Gasteiger partial charge in [-0.05, 0) is 48.2 Å². The van der Waals surface area contributed by atoms with Crippen LogP contribution in [0.25, 0.3) is 11.1 Å². The van der Waals surface area contributed by atoms with E-state index in [1.807, 2.05) is 36.4 Å². The zero-order chi connectivity index (χ0) is 15.1. The summed E-state index contributed by atoms with van der Waals surface area (Å²) in [4.78, 5) is 10.4. The Labute approximate surface area is 132 Å². The van der Waals surface area contributed by atoms with Crippen LogP contribution in [0, 0.1) is 0 Å². The van der Waals surface area contributed by atoms with Crippen LogP contribution in [0.2, 0.25) is 0 Å². The van der Waals surface area contributed by atoms with E-state index in [4.69, 9.17) is 9.84 Å². The number of ether oxygens (including phenoxy) is 1. The maximum absolute atomic E-state index is 10.4. The Balaban J connectivity index is 1.84. The van der Waals surface area contributed by atoms with Gasteiger partial charge in [0, 0.05) is 10.9 Å². The minimum atomic E-state index is -0.756. The van der Waals surface area contributed by atoms with E-state index in [0.717, 1.165) is 27.8 Å². The van der Waals surface area contributed by atoms with Crippen LogP contribution in [-0.2, 0) is 4.79 Å². The monoisotopic (exact) mass is 348 g/mol. The first-order chi connectivity index (χ1) is 10.1. The Hall–Kier alpha value is -1.81. The topological polar surface area (TPSA) is 46.5 Å². The van der Waals surface area contributed by atoms with Gasteiger partial charge in [0.1, 0.15) is 5.75 Å². The van der Waals surface area contributed by atoms with E-state index >= 15 is 0 Å². The van der Waals surface area contributed by atoms with Crippen LogP contribution in [0.3, 0.4) is 0 Å². The van der Waals surface area contributed by atoms with Crippen LogP contribution in [0.5, 0.6) is 5.75 Å². The molecule has 0 bridgehead atoms. The van der Waals surface area contributed by atoms with Crippen LogP contribution < -0.4 is 4.74 Å². The van der Waals surface area contributed by atoms with Gasteiger partial charge in [-0.15, -0.1) is 0 Å². The number of unbranched alkanes of at least 4 members (excludes halogenated alkanes) is 1. The number of rotatable bonds is 7. The molecule has 3 nitrogen and oxygen atoms in total. The number of hydrogen-bond donors (Lipinski definition) is 1. The van der Waals surface area contributed by atoms with Gasteiger partial charge in [-0.2, -0.15) is 0 Å². The predicted octanol–water partition coefficient (Wildman–Crippen LogP) is 4.75. The molecule has 0 heterocycles. The van der Waals surface area contributed by atoms with Gasteiger partial charge < -0.3 is 9.84 Å². The quantitative estimate of drug-likeness (QED) is 0.734. The summed E-state index contributed by atoms with van der Waals surface area (Å²) in [6, 6.07) is 16.1. The molecule has 0 aromatic heterocycles. The molecule has 2 aromatic rings. The predicted molar refractivity (Wildman–Crippen MR) is 86.6 cm³/mol. The summed E-state index contributed by atoms with van der Waals surface area (Å²) in [6.07, 6.45) is 1.60. The second-order valence-corrected chi connectivity index (χ2v) is 5.65. The zero-order valence-corrected chi connectivity index (χ0v) is 13.2. The molecular weight excluding hydrogens is 332 g/mol. The number of hydrogen-bond acceptors (Lipinski definition) is 2. The van der Waals surface area contributed by atoms with E-state index in [2.05, 4.69) is 28.1 Å². The highest BCUT2D eigenvalue weighted by atomic mass is 79.9. The van der Waals surface area contributed by atoms with Crippen LogP contribution >= 0.6 is 15.9 Å². The van der Waals surface area contributed by atoms with Gasteiger partial charge in [0.2, 0.25) is 0 Å². The highest BCUT2D eigenvalue weighted by Gasteiger charge is 2.00. The Morgan fingerprint density at radius 2 is 1.52 bits per heavy atom. The van der Waals surface area contributed by atoms with Gasteiger partial charge >= 0.3 is 5.97 Å². The van der Waals surface area contributed by atoms with E-state index in [-0.39, 0.29) is 6.42 Å². The molecule has 0 radical (unpaired) electrons. The minimum absolute atomic E-state index is 0.200. The van der Waals surface area contributed by atoms with Gasteiger partial charge in [0.05, 0.1) is 6.61 Å². The normalized spacial score (nSPS) is 10.3. The standard InChI is InChI=1S/C17H17BrO3/c18-15-8-4-13(5-9-15)14-6-10-16(11-7-14)21-12-2-1-3-17(19)20/h4-11H,1-3,12H2,(H,19,20). The lowest BCUT2D eigenvalue weighted by molar-refractivity contribution is -0.137. The molecule has 4 heteroatoms. The summed E-state index contributed by atoms with van der Waals surface area (Å²) in [5.41, 5.74) is 2.30. The highest BCUT2D eigenvalue weighted by Crippen LogP contribution is 2.24. The van der Waals surface area contributed by atoms with Crippen LogP contribution in [0.15, 0.2) is 53.0 Å². The summed E-state index contributed by atoms with van der Waals surface area (Å²) in [6.45, 7) is 0.547. The summed E-state index contributed by atoms with van der Waals surface area (Å²) in [7, 11) is 0. The molecular formula is C17H17BrO3. The van der Waals surface area contributed by atoms with Crippen molar-refractivity contribution in [1.82, 2.24) is 0 Å². The molecule has 110 valence electrons. The minimum Gasteiger partial charge on any atom is -0.494 e. The first kappa shape index (κ1) is 15.6. The number of halogens is 1. The summed E-state index contributed by atoms with van der Waals surface area (Å²) < 4.78 is 6.66. The molecule has 0 saturated carbocycles. The molecule has 0 amide bonds. The van der Waals surface area contributed by atoms with Crippen molar-refractivity contribution in [3.8, 4) is 16.9 Å². The molecule has 2 rings (SSSR count). The van der Waals surface area contributed by atoms with Crippen molar-refractivity contribution < 1.29 is 14.6 Å². The highest BCUT2D eigenvalue weighted by molar-refractivity contribution is 9.10. The van der Waals surface area contributed by atoms with E-state index in [9.17, 15) is 4.79 Å². The van der Waals surface area contributed by atoms with E-state index < -0.39 is 5.97 Å². The molecule has 0 fully saturated rings. The molecule has 0 spiro atoms. The number of aliphatic carboxylic acids is 1. The lowest BCUT2D eigenvalue weighted by Crippen LogP contribution is -2.00. The van der Waals surface area contributed by atoms with Crippen molar-refractivity contribution in [2.75, 3.05) is 6.61 Å². The Morgan fingerprint density at radius 3 is 2.10 bits per heavy atom. The maximum atomic E-state index is 10.4. The fourth-order valence-electron chi connectivity index (χ4n) is 1.95. The van der Waals surface area contributed by atoms with Crippen molar-refractivity contribution in [2.24, 2.45) is 0 Å². The third-order valence-corrected chi connectivity index (χ3v) is 3.61. The molecule has 0 aliphatic heterocycles. The molecule has 0 aliphatic rings. The fourth-order valence-corrected chi connectivity index (χ4v) is 2.22. The Kier molecular flexibility index (Phi) is 5.81. The number of benzene rings is 2. The Morgan fingerprint density at radius 1 is 0.952 bits per heavy atom. The lowest BCUT2D eigenvalue weighted by Gasteiger charge is -2.07.